The summed E-state index contributed by atoms with van der Waals surface area (Å²) >= 11 is 5.84. The molecule has 1 aliphatic heterocycles. The Labute approximate surface area is 117 Å². The van der Waals surface area contributed by atoms with Gasteiger partial charge in [0.15, 0.2) is 0 Å². The minimum absolute atomic E-state index is 0.112. The summed E-state index contributed by atoms with van der Waals surface area (Å²) in [5, 5.41) is 0.648. The SMILES string of the molecule is Cc1cc(Cl)ccc1OCOC(=O)N1CCOCC1. The molecule has 0 unspecified atom stereocenters. The van der Waals surface area contributed by atoms with Crippen molar-refractivity contribution in [2.24, 2.45) is 0 Å². The third-order valence-corrected chi connectivity index (χ3v) is 3.04. The lowest BCUT2D eigenvalue weighted by Crippen LogP contribution is -2.41. The second-order valence-electron chi connectivity index (χ2n) is 4.18. The number of nitrogens with zero attached hydrogens (tertiary/aromatic N) is 1. The van der Waals surface area contributed by atoms with Crippen LogP contribution in [0, 0.1) is 6.92 Å². The highest BCUT2D eigenvalue weighted by Crippen LogP contribution is 2.21. The van der Waals surface area contributed by atoms with Crippen molar-refractivity contribution in [1.82, 2.24) is 4.90 Å². The number of hydrogen-bond donors (Lipinski definition) is 0. The third kappa shape index (κ3) is 4.01. The lowest BCUT2D eigenvalue weighted by Gasteiger charge is -2.25. The zero-order valence-corrected chi connectivity index (χ0v) is 11.5. The molecular formula is C13H16ClNO4. The number of aryl methyl sites for hydroxylation is 1. The molecule has 0 radical (unpaired) electrons. The normalized spacial score (nSPS) is 15.2. The number of morpholine rings is 1. The van der Waals surface area contributed by atoms with Crippen LogP contribution in [0.5, 0.6) is 5.75 Å². The highest BCUT2D eigenvalue weighted by atomic mass is 35.5. The van der Waals surface area contributed by atoms with Gasteiger partial charge in [0.1, 0.15) is 5.75 Å². The predicted octanol–water partition coefficient (Wildman–Crippen LogP) is 2.45. The molecule has 19 heavy (non-hydrogen) atoms. The van der Waals surface area contributed by atoms with Gasteiger partial charge in [-0.2, -0.15) is 0 Å². The molecule has 2 rings (SSSR count). The highest BCUT2D eigenvalue weighted by Gasteiger charge is 2.18. The van der Waals surface area contributed by atoms with Crippen molar-refractivity contribution in [2.45, 2.75) is 6.92 Å². The fourth-order valence-corrected chi connectivity index (χ4v) is 1.98. The topological polar surface area (TPSA) is 48.0 Å². The van der Waals surface area contributed by atoms with E-state index in [1.807, 2.05) is 6.92 Å². The van der Waals surface area contributed by atoms with Gasteiger partial charge >= 0.3 is 6.09 Å². The van der Waals surface area contributed by atoms with E-state index < -0.39 is 0 Å². The van der Waals surface area contributed by atoms with Gasteiger partial charge in [-0.1, -0.05) is 11.6 Å². The number of carbonyl (C=O) groups is 1. The van der Waals surface area contributed by atoms with Crippen LogP contribution in [0.1, 0.15) is 5.56 Å². The summed E-state index contributed by atoms with van der Waals surface area (Å²) < 4.78 is 15.6. The molecule has 0 N–H and O–H groups in total. The van der Waals surface area contributed by atoms with Crippen molar-refractivity contribution in [3.8, 4) is 5.75 Å². The average Bonchev–Trinajstić information content (AvgIpc) is 2.42. The van der Waals surface area contributed by atoms with E-state index in [9.17, 15) is 4.79 Å². The predicted molar refractivity (Wildman–Crippen MR) is 70.6 cm³/mol. The number of ether oxygens (including phenoxy) is 3. The van der Waals surface area contributed by atoms with Crippen molar-refractivity contribution in [1.29, 1.82) is 0 Å². The summed E-state index contributed by atoms with van der Waals surface area (Å²) in [6, 6.07) is 5.27. The molecule has 0 saturated carbocycles. The summed E-state index contributed by atoms with van der Waals surface area (Å²) in [5.41, 5.74) is 0.898. The van der Waals surface area contributed by atoms with Gasteiger partial charge < -0.3 is 19.1 Å². The lowest BCUT2D eigenvalue weighted by molar-refractivity contribution is 0.00139. The van der Waals surface area contributed by atoms with Crippen molar-refractivity contribution < 1.29 is 19.0 Å². The molecule has 0 bridgehead atoms. The Hall–Kier alpha value is -1.46. The van der Waals surface area contributed by atoms with E-state index in [1.54, 1.807) is 23.1 Å². The Kier molecular flexibility index (Phi) is 4.87. The van der Waals surface area contributed by atoms with Crippen LogP contribution in [-0.4, -0.2) is 44.1 Å². The zero-order valence-electron chi connectivity index (χ0n) is 10.7. The molecular weight excluding hydrogens is 270 g/mol. The maximum Gasteiger partial charge on any atom is 0.412 e. The molecule has 1 saturated heterocycles. The lowest BCUT2D eigenvalue weighted by atomic mass is 10.2. The number of benzene rings is 1. The number of amides is 1. The third-order valence-electron chi connectivity index (χ3n) is 2.80. The maximum absolute atomic E-state index is 11.7. The quantitative estimate of drug-likeness (QED) is 0.801. The van der Waals surface area contributed by atoms with Gasteiger partial charge in [0, 0.05) is 18.1 Å². The van der Waals surface area contributed by atoms with E-state index in [0.29, 0.717) is 37.1 Å². The van der Waals surface area contributed by atoms with Gasteiger partial charge in [-0.05, 0) is 30.7 Å². The molecule has 1 amide bonds. The summed E-state index contributed by atoms with van der Waals surface area (Å²) in [6.07, 6.45) is -0.380. The van der Waals surface area contributed by atoms with Crippen LogP contribution in [0.3, 0.4) is 0 Å². The fraction of sp³-hybridized carbons (Fsp3) is 0.462. The summed E-state index contributed by atoms with van der Waals surface area (Å²) in [5.74, 6) is 0.652. The maximum atomic E-state index is 11.7. The van der Waals surface area contributed by atoms with E-state index in [4.69, 9.17) is 25.8 Å². The summed E-state index contributed by atoms with van der Waals surface area (Å²) in [7, 11) is 0. The van der Waals surface area contributed by atoms with E-state index in [-0.39, 0.29) is 12.9 Å². The second-order valence-corrected chi connectivity index (χ2v) is 4.62. The van der Waals surface area contributed by atoms with Crippen molar-refractivity contribution in [3.05, 3.63) is 28.8 Å². The zero-order chi connectivity index (χ0) is 13.7. The highest BCUT2D eigenvalue weighted by molar-refractivity contribution is 6.30. The van der Waals surface area contributed by atoms with Gasteiger partial charge in [0.2, 0.25) is 6.79 Å². The first kappa shape index (κ1) is 14.0. The Morgan fingerprint density at radius 3 is 2.84 bits per heavy atom. The summed E-state index contributed by atoms with van der Waals surface area (Å²) in [6.45, 7) is 3.97. The first-order chi connectivity index (χ1) is 9.16. The van der Waals surface area contributed by atoms with E-state index >= 15 is 0 Å². The average molecular weight is 286 g/mol. The van der Waals surface area contributed by atoms with Crippen LogP contribution in [-0.2, 0) is 9.47 Å². The van der Waals surface area contributed by atoms with Crippen LogP contribution in [0.25, 0.3) is 0 Å². The smallest absolute Gasteiger partial charge is 0.412 e. The molecule has 5 nitrogen and oxygen atoms in total. The number of carbonyl (C=O) groups excluding carboxylic acids is 1. The van der Waals surface area contributed by atoms with Crippen LogP contribution in [0.4, 0.5) is 4.79 Å². The minimum atomic E-state index is -0.380. The van der Waals surface area contributed by atoms with Crippen molar-refractivity contribution in [2.75, 3.05) is 33.1 Å². The monoisotopic (exact) mass is 285 g/mol. The van der Waals surface area contributed by atoms with Gasteiger partial charge in [-0.15, -0.1) is 0 Å². The molecule has 0 aliphatic carbocycles. The Bertz CT molecular complexity index is 446. The molecule has 0 aromatic heterocycles. The molecule has 0 spiro atoms. The standard InChI is InChI=1S/C13H16ClNO4/c1-10-8-11(14)2-3-12(10)18-9-19-13(16)15-4-6-17-7-5-15/h2-3,8H,4-7,9H2,1H3. The van der Waals surface area contributed by atoms with E-state index in [0.717, 1.165) is 5.56 Å². The fourth-order valence-electron chi connectivity index (χ4n) is 1.76. The molecule has 1 aliphatic rings. The number of halogens is 1. The number of rotatable bonds is 3. The molecule has 6 heteroatoms. The summed E-state index contributed by atoms with van der Waals surface area (Å²) in [4.78, 5) is 13.3. The van der Waals surface area contributed by atoms with Crippen molar-refractivity contribution >= 4 is 17.7 Å². The van der Waals surface area contributed by atoms with E-state index in [2.05, 4.69) is 0 Å². The molecule has 1 fully saturated rings. The van der Waals surface area contributed by atoms with Crippen LogP contribution >= 0.6 is 11.6 Å². The van der Waals surface area contributed by atoms with Gasteiger partial charge in [0.05, 0.1) is 13.2 Å². The van der Waals surface area contributed by atoms with E-state index in [1.165, 1.54) is 0 Å². The Morgan fingerprint density at radius 2 is 2.16 bits per heavy atom. The molecule has 1 aromatic carbocycles. The van der Waals surface area contributed by atoms with Crippen LogP contribution in [0.2, 0.25) is 5.02 Å². The van der Waals surface area contributed by atoms with Crippen molar-refractivity contribution in [3.63, 3.8) is 0 Å². The van der Waals surface area contributed by atoms with Gasteiger partial charge in [0.25, 0.3) is 0 Å². The Balaban J connectivity index is 1.78. The molecule has 1 aromatic rings. The molecule has 0 atom stereocenters. The first-order valence-corrected chi connectivity index (χ1v) is 6.43. The van der Waals surface area contributed by atoms with Crippen LogP contribution in [0.15, 0.2) is 18.2 Å². The first-order valence-electron chi connectivity index (χ1n) is 6.05. The minimum Gasteiger partial charge on any atom is -0.457 e. The van der Waals surface area contributed by atoms with Gasteiger partial charge in [-0.3, -0.25) is 0 Å². The number of hydrogen-bond acceptors (Lipinski definition) is 4. The largest absolute Gasteiger partial charge is 0.457 e. The molecule has 1 heterocycles. The molecule has 104 valence electrons. The van der Waals surface area contributed by atoms with Gasteiger partial charge in [-0.25, -0.2) is 4.79 Å². The second kappa shape index (κ2) is 6.63. The Morgan fingerprint density at radius 1 is 1.42 bits per heavy atom. The van der Waals surface area contributed by atoms with Crippen LogP contribution < -0.4 is 4.74 Å².